The van der Waals surface area contributed by atoms with E-state index in [1.54, 1.807) is 18.7 Å². The second kappa shape index (κ2) is 10.0. The number of rotatable bonds is 4. The van der Waals surface area contributed by atoms with Crippen molar-refractivity contribution in [1.29, 1.82) is 0 Å². The molecule has 9 heteroatoms. The SMILES string of the molecule is Cc1[nH]c(C)c(S(=O)(=O)N2CCC(C(=O)N3CCCc4ccccc43)CC2)c1C(=O)N1CCCCC1. The minimum atomic E-state index is -3.88. The van der Waals surface area contributed by atoms with Gasteiger partial charge in [-0.25, -0.2) is 8.42 Å². The van der Waals surface area contributed by atoms with Gasteiger partial charge in [0.1, 0.15) is 4.90 Å². The zero-order valence-electron chi connectivity index (χ0n) is 21.3. The number of likely N-dealkylation sites (tertiary alicyclic amines) is 1. The van der Waals surface area contributed by atoms with Gasteiger partial charge >= 0.3 is 0 Å². The average Bonchev–Trinajstić information content (AvgIpc) is 3.22. The Morgan fingerprint density at radius 2 is 1.58 bits per heavy atom. The highest BCUT2D eigenvalue weighted by molar-refractivity contribution is 7.89. The number of sulfonamides is 1. The Balaban J connectivity index is 1.33. The highest BCUT2D eigenvalue weighted by Crippen LogP contribution is 2.34. The fourth-order valence-electron chi connectivity index (χ4n) is 6.05. The molecule has 2 saturated heterocycles. The Bertz CT molecular complexity index is 1250. The first kappa shape index (κ1) is 25.0. The normalized spacial score (nSPS) is 19.8. The monoisotopic (exact) mass is 512 g/mol. The number of hydrogen-bond donors (Lipinski definition) is 1. The Hall–Kier alpha value is -2.65. The van der Waals surface area contributed by atoms with Gasteiger partial charge in [0, 0.05) is 55.7 Å². The summed E-state index contributed by atoms with van der Waals surface area (Å²) < 4.78 is 29.1. The minimum absolute atomic E-state index is 0.0915. The molecule has 0 spiro atoms. The second-order valence-corrected chi connectivity index (χ2v) is 12.2. The standard InChI is InChI=1S/C27H36N4O4S/c1-19-24(27(33)29-14-6-3-7-15-29)25(20(2)28-19)36(34,35)30-17-12-22(13-18-30)26(32)31-16-8-10-21-9-4-5-11-23(21)31/h4-5,9,11,22,28H,3,6-8,10,12-18H2,1-2H3. The summed E-state index contributed by atoms with van der Waals surface area (Å²) in [7, 11) is -3.88. The quantitative estimate of drug-likeness (QED) is 0.677. The van der Waals surface area contributed by atoms with Crippen molar-refractivity contribution in [1.82, 2.24) is 14.2 Å². The number of amides is 2. The molecule has 0 saturated carbocycles. The van der Waals surface area contributed by atoms with Gasteiger partial charge in [0.05, 0.1) is 5.56 Å². The third kappa shape index (κ3) is 4.47. The largest absolute Gasteiger partial charge is 0.361 e. The first-order chi connectivity index (χ1) is 17.3. The lowest BCUT2D eigenvalue weighted by atomic mass is 9.94. The molecule has 0 atom stereocenters. The zero-order valence-corrected chi connectivity index (χ0v) is 22.1. The van der Waals surface area contributed by atoms with Gasteiger partial charge in [-0.15, -0.1) is 0 Å². The van der Waals surface area contributed by atoms with Crippen LogP contribution in [0, 0.1) is 19.8 Å². The van der Waals surface area contributed by atoms with Crippen molar-refractivity contribution in [3.8, 4) is 0 Å². The maximum atomic E-state index is 13.8. The summed E-state index contributed by atoms with van der Waals surface area (Å²) in [4.78, 5) is 33.7. The van der Waals surface area contributed by atoms with Gasteiger partial charge in [0.15, 0.2) is 0 Å². The fourth-order valence-corrected chi connectivity index (χ4v) is 7.93. The Labute approximate surface area is 213 Å². The summed E-state index contributed by atoms with van der Waals surface area (Å²) in [5.41, 5.74) is 3.55. The van der Waals surface area contributed by atoms with E-state index in [0.717, 1.165) is 37.8 Å². The van der Waals surface area contributed by atoms with Gasteiger partial charge < -0.3 is 14.8 Å². The lowest BCUT2D eigenvalue weighted by Crippen LogP contribution is -2.46. The van der Waals surface area contributed by atoms with Crippen LogP contribution in [0.25, 0.3) is 0 Å². The maximum absolute atomic E-state index is 13.8. The van der Waals surface area contributed by atoms with Crippen LogP contribution in [-0.2, 0) is 21.2 Å². The number of para-hydroxylation sites is 1. The van der Waals surface area contributed by atoms with Crippen LogP contribution in [0.1, 0.15) is 65.8 Å². The Kier molecular flexibility index (Phi) is 6.96. The number of aromatic amines is 1. The second-order valence-electron chi connectivity index (χ2n) is 10.3. The van der Waals surface area contributed by atoms with E-state index in [1.807, 2.05) is 23.1 Å². The van der Waals surface area contributed by atoms with Crippen molar-refractivity contribution in [2.75, 3.05) is 37.6 Å². The number of piperidine rings is 2. The van der Waals surface area contributed by atoms with Gasteiger partial charge in [0.25, 0.3) is 5.91 Å². The van der Waals surface area contributed by atoms with Crippen molar-refractivity contribution >= 4 is 27.5 Å². The first-order valence-corrected chi connectivity index (χ1v) is 14.6. The molecule has 0 radical (unpaired) electrons. The summed E-state index contributed by atoms with van der Waals surface area (Å²) in [6.07, 6.45) is 5.86. The van der Waals surface area contributed by atoms with E-state index >= 15 is 0 Å². The molecule has 3 aliphatic rings. The smallest absolute Gasteiger partial charge is 0.257 e. The highest BCUT2D eigenvalue weighted by Gasteiger charge is 2.39. The van der Waals surface area contributed by atoms with Crippen LogP contribution < -0.4 is 4.90 Å². The van der Waals surface area contributed by atoms with Crippen molar-refractivity contribution in [2.45, 2.75) is 63.7 Å². The van der Waals surface area contributed by atoms with Crippen LogP contribution in [0.2, 0.25) is 0 Å². The summed E-state index contributed by atoms with van der Waals surface area (Å²) in [5.74, 6) is -0.316. The number of hydrogen-bond acceptors (Lipinski definition) is 4. The first-order valence-electron chi connectivity index (χ1n) is 13.2. The van der Waals surface area contributed by atoms with Crippen LogP contribution in [0.15, 0.2) is 29.2 Å². The molecular formula is C27H36N4O4S. The summed E-state index contributed by atoms with van der Waals surface area (Å²) >= 11 is 0. The van der Waals surface area contributed by atoms with E-state index < -0.39 is 10.0 Å². The molecule has 1 aromatic carbocycles. The number of nitrogens with zero attached hydrogens (tertiary/aromatic N) is 3. The predicted octanol–water partition coefficient (Wildman–Crippen LogP) is 3.64. The number of carbonyl (C=O) groups is 2. The van der Waals surface area contributed by atoms with Crippen molar-refractivity contribution in [3.63, 3.8) is 0 Å². The van der Waals surface area contributed by atoms with Gasteiger partial charge in [-0.1, -0.05) is 18.2 Å². The Morgan fingerprint density at radius 1 is 0.889 bits per heavy atom. The van der Waals surface area contributed by atoms with Crippen LogP contribution in [0.5, 0.6) is 0 Å². The van der Waals surface area contributed by atoms with E-state index in [0.29, 0.717) is 43.9 Å². The number of H-pyrrole nitrogens is 1. The fraction of sp³-hybridized carbons (Fsp3) is 0.556. The van der Waals surface area contributed by atoms with Crippen LogP contribution in [0.4, 0.5) is 5.69 Å². The molecular weight excluding hydrogens is 476 g/mol. The maximum Gasteiger partial charge on any atom is 0.257 e. The molecule has 0 unspecified atom stereocenters. The lowest BCUT2D eigenvalue weighted by molar-refractivity contribution is -0.123. The van der Waals surface area contributed by atoms with E-state index in [9.17, 15) is 18.0 Å². The van der Waals surface area contributed by atoms with E-state index in [-0.39, 0.29) is 41.3 Å². The van der Waals surface area contributed by atoms with E-state index in [4.69, 9.17) is 0 Å². The molecule has 1 aromatic heterocycles. The molecule has 3 aliphatic heterocycles. The molecule has 194 valence electrons. The molecule has 2 fully saturated rings. The van der Waals surface area contributed by atoms with Crippen LogP contribution >= 0.6 is 0 Å². The number of benzene rings is 1. The molecule has 0 bridgehead atoms. The summed E-state index contributed by atoms with van der Waals surface area (Å²) in [6.45, 7) is 6.06. The molecule has 0 aliphatic carbocycles. The predicted molar refractivity (Wildman–Crippen MR) is 139 cm³/mol. The lowest BCUT2D eigenvalue weighted by Gasteiger charge is -2.36. The number of fused-ring (bicyclic) bond motifs is 1. The van der Waals surface area contributed by atoms with Crippen LogP contribution in [0.3, 0.4) is 0 Å². The summed E-state index contributed by atoms with van der Waals surface area (Å²) in [6, 6.07) is 8.05. The molecule has 1 N–H and O–H groups in total. The van der Waals surface area contributed by atoms with Crippen molar-refractivity contribution in [2.24, 2.45) is 5.92 Å². The third-order valence-corrected chi connectivity index (χ3v) is 10.0. The third-order valence-electron chi connectivity index (χ3n) is 7.95. The van der Waals surface area contributed by atoms with Crippen molar-refractivity contribution < 1.29 is 18.0 Å². The Morgan fingerprint density at radius 3 is 2.31 bits per heavy atom. The number of anilines is 1. The molecule has 4 heterocycles. The molecule has 2 aromatic rings. The van der Waals surface area contributed by atoms with E-state index in [2.05, 4.69) is 11.1 Å². The summed E-state index contributed by atoms with van der Waals surface area (Å²) in [5, 5.41) is 0. The minimum Gasteiger partial charge on any atom is -0.361 e. The van der Waals surface area contributed by atoms with Gasteiger partial charge in [-0.05, 0) is 70.4 Å². The van der Waals surface area contributed by atoms with Gasteiger partial charge in [-0.2, -0.15) is 4.31 Å². The number of aryl methyl sites for hydroxylation is 3. The van der Waals surface area contributed by atoms with Gasteiger partial charge in [-0.3, -0.25) is 9.59 Å². The number of carbonyl (C=O) groups excluding carboxylic acids is 2. The van der Waals surface area contributed by atoms with Crippen molar-refractivity contribution in [3.05, 3.63) is 46.8 Å². The van der Waals surface area contributed by atoms with E-state index in [1.165, 1.54) is 9.87 Å². The molecule has 36 heavy (non-hydrogen) atoms. The topological polar surface area (TPSA) is 93.8 Å². The number of aromatic nitrogens is 1. The molecule has 5 rings (SSSR count). The highest BCUT2D eigenvalue weighted by atomic mass is 32.2. The number of nitrogens with one attached hydrogen (secondary N) is 1. The molecule has 8 nitrogen and oxygen atoms in total. The van der Waals surface area contributed by atoms with Gasteiger partial charge in [0.2, 0.25) is 15.9 Å². The molecule has 2 amide bonds. The average molecular weight is 513 g/mol. The van der Waals surface area contributed by atoms with Crippen LogP contribution in [-0.4, -0.2) is 67.1 Å². The zero-order chi connectivity index (χ0) is 25.4.